The average Bonchev–Trinajstić information content (AvgIpc) is 2.25. The second-order valence-electron chi connectivity index (χ2n) is 4.22. The van der Waals surface area contributed by atoms with Crippen molar-refractivity contribution in [3.8, 4) is 0 Å². The van der Waals surface area contributed by atoms with Crippen molar-refractivity contribution in [3.05, 3.63) is 47.5 Å². The number of hydrogen-bond acceptors (Lipinski definition) is 1. The summed E-state index contributed by atoms with van der Waals surface area (Å²) >= 11 is 0. The zero-order valence-corrected chi connectivity index (χ0v) is 10.0. The van der Waals surface area contributed by atoms with Gasteiger partial charge in [0.05, 0.1) is 0 Å². The van der Waals surface area contributed by atoms with Crippen LogP contribution in [0.15, 0.2) is 36.4 Å². The van der Waals surface area contributed by atoms with E-state index in [4.69, 9.17) is 0 Å². The molecule has 0 radical (unpaired) electrons. The Balaban J connectivity index is 2.31. The number of rotatable bonds is 5. The van der Waals surface area contributed by atoms with E-state index >= 15 is 0 Å². The van der Waals surface area contributed by atoms with Crippen molar-refractivity contribution in [2.24, 2.45) is 0 Å². The predicted octanol–water partition coefficient (Wildman–Crippen LogP) is 2.62. The molecule has 1 aromatic carbocycles. The quantitative estimate of drug-likeness (QED) is 0.755. The summed E-state index contributed by atoms with van der Waals surface area (Å²) in [5.41, 5.74) is 3.43. The van der Waals surface area contributed by atoms with Crippen LogP contribution in [0.5, 0.6) is 0 Å². The molecule has 0 unspecified atom stereocenters. The largest absolute Gasteiger partial charge is 0.352 e. The summed E-state index contributed by atoms with van der Waals surface area (Å²) in [6.45, 7) is 8.28. The SMILES string of the molecule is C=C(C)CNC(=O)CCc1ccc(C)cc1. The van der Waals surface area contributed by atoms with Crippen molar-refractivity contribution >= 4 is 5.91 Å². The third-order valence-corrected chi connectivity index (χ3v) is 2.35. The molecule has 2 heteroatoms. The minimum atomic E-state index is 0.0866. The van der Waals surface area contributed by atoms with E-state index in [0.717, 1.165) is 12.0 Å². The maximum Gasteiger partial charge on any atom is 0.220 e. The minimum absolute atomic E-state index is 0.0866. The standard InChI is InChI=1S/C14H19NO/c1-11(2)10-15-14(16)9-8-13-6-4-12(3)5-7-13/h4-7H,1,8-10H2,2-3H3,(H,15,16). The first kappa shape index (κ1) is 12.5. The fourth-order valence-corrected chi connectivity index (χ4v) is 1.35. The van der Waals surface area contributed by atoms with Gasteiger partial charge in [-0.05, 0) is 25.8 Å². The number of benzene rings is 1. The van der Waals surface area contributed by atoms with Crippen LogP contribution in [-0.2, 0) is 11.2 Å². The first-order valence-corrected chi connectivity index (χ1v) is 5.54. The summed E-state index contributed by atoms with van der Waals surface area (Å²) in [7, 11) is 0. The molecule has 86 valence electrons. The normalized spacial score (nSPS) is 9.88. The second kappa shape index (κ2) is 6.11. The molecule has 0 saturated carbocycles. The first-order chi connectivity index (χ1) is 7.58. The van der Waals surface area contributed by atoms with Crippen LogP contribution < -0.4 is 5.32 Å². The fraction of sp³-hybridized carbons (Fsp3) is 0.357. The zero-order chi connectivity index (χ0) is 12.0. The first-order valence-electron chi connectivity index (χ1n) is 5.54. The lowest BCUT2D eigenvalue weighted by atomic mass is 10.1. The van der Waals surface area contributed by atoms with Gasteiger partial charge >= 0.3 is 0 Å². The topological polar surface area (TPSA) is 29.1 Å². The molecule has 1 aromatic rings. The van der Waals surface area contributed by atoms with Gasteiger partial charge in [-0.25, -0.2) is 0 Å². The Kier molecular flexibility index (Phi) is 4.77. The van der Waals surface area contributed by atoms with E-state index in [0.29, 0.717) is 13.0 Å². The number of carbonyl (C=O) groups is 1. The summed E-state index contributed by atoms with van der Waals surface area (Å²) in [5, 5.41) is 2.83. The van der Waals surface area contributed by atoms with Crippen LogP contribution in [0.4, 0.5) is 0 Å². The molecule has 0 heterocycles. The molecule has 0 atom stereocenters. The summed E-state index contributed by atoms with van der Waals surface area (Å²) in [6.07, 6.45) is 1.33. The van der Waals surface area contributed by atoms with Crippen LogP contribution in [0.25, 0.3) is 0 Å². The summed E-state index contributed by atoms with van der Waals surface area (Å²) in [6, 6.07) is 8.28. The van der Waals surface area contributed by atoms with Crippen molar-refractivity contribution in [1.29, 1.82) is 0 Å². The Bertz CT molecular complexity index is 365. The van der Waals surface area contributed by atoms with E-state index in [1.165, 1.54) is 11.1 Å². The molecule has 0 aromatic heterocycles. The van der Waals surface area contributed by atoms with Crippen molar-refractivity contribution in [3.63, 3.8) is 0 Å². The molecule has 1 amide bonds. The Morgan fingerprint density at radius 1 is 1.31 bits per heavy atom. The Morgan fingerprint density at radius 3 is 2.50 bits per heavy atom. The highest BCUT2D eigenvalue weighted by Crippen LogP contribution is 2.05. The van der Waals surface area contributed by atoms with Gasteiger partial charge in [0.15, 0.2) is 0 Å². The lowest BCUT2D eigenvalue weighted by molar-refractivity contribution is -0.120. The van der Waals surface area contributed by atoms with E-state index < -0.39 is 0 Å². The van der Waals surface area contributed by atoms with E-state index in [1.807, 2.05) is 6.92 Å². The average molecular weight is 217 g/mol. The molecular weight excluding hydrogens is 198 g/mol. The van der Waals surface area contributed by atoms with Crippen molar-refractivity contribution in [1.82, 2.24) is 5.32 Å². The number of nitrogens with one attached hydrogen (secondary N) is 1. The van der Waals surface area contributed by atoms with Gasteiger partial charge in [0.1, 0.15) is 0 Å². The molecular formula is C14H19NO. The van der Waals surface area contributed by atoms with Gasteiger partial charge in [-0.2, -0.15) is 0 Å². The Hall–Kier alpha value is -1.57. The molecule has 0 spiro atoms. The van der Waals surface area contributed by atoms with E-state index in [-0.39, 0.29) is 5.91 Å². The van der Waals surface area contributed by atoms with Gasteiger partial charge in [-0.3, -0.25) is 4.79 Å². The summed E-state index contributed by atoms with van der Waals surface area (Å²) in [5.74, 6) is 0.0866. The number of aryl methyl sites for hydroxylation is 2. The molecule has 0 aliphatic heterocycles. The van der Waals surface area contributed by atoms with Crippen LogP contribution in [0.2, 0.25) is 0 Å². The van der Waals surface area contributed by atoms with E-state index in [1.54, 1.807) is 0 Å². The zero-order valence-electron chi connectivity index (χ0n) is 10.0. The molecule has 0 aliphatic rings. The van der Waals surface area contributed by atoms with Crippen LogP contribution in [-0.4, -0.2) is 12.5 Å². The summed E-state index contributed by atoms with van der Waals surface area (Å²) in [4.78, 5) is 11.4. The van der Waals surface area contributed by atoms with E-state index in [2.05, 4.69) is 43.1 Å². The fourth-order valence-electron chi connectivity index (χ4n) is 1.35. The van der Waals surface area contributed by atoms with Crippen molar-refractivity contribution in [2.75, 3.05) is 6.54 Å². The molecule has 2 nitrogen and oxygen atoms in total. The van der Waals surface area contributed by atoms with Gasteiger partial charge in [0, 0.05) is 13.0 Å². The molecule has 1 rings (SSSR count). The van der Waals surface area contributed by atoms with Crippen LogP contribution >= 0.6 is 0 Å². The minimum Gasteiger partial charge on any atom is -0.352 e. The Morgan fingerprint density at radius 2 is 1.94 bits per heavy atom. The van der Waals surface area contributed by atoms with Gasteiger partial charge in [-0.1, -0.05) is 42.0 Å². The lowest BCUT2D eigenvalue weighted by Gasteiger charge is -2.05. The van der Waals surface area contributed by atoms with Gasteiger partial charge in [-0.15, -0.1) is 0 Å². The van der Waals surface area contributed by atoms with Gasteiger partial charge in [0.2, 0.25) is 5.91 Å². The highest BCUT2D eigenvalue weighted by molar-refractivity contribution is 5.76. The molecule has 0 saturated heterocycles. The monoisotopic (exact) mass is 217 g/mol. The second-order valence-corrected chi connectivity index (χ2v) is 4.22. The maximum atomic E-state index is 11.4. The molecule has 0 fully saturated rings. The third-order valence-electron chi connectivity index (χ3n) is 2.35. The predicted molar refractivity (Wildman–Crippen MR) is 67.3 cm³/mol. The molecule has 16 heavy (non-hydrogen) atoms. The molecule has 1 N–H and O–H groups in total. The lowest BCUT2D eigenvalue weighted by Crippen LogP contribution is -2.24. The number of hydrogen-bond donors (Lipinski definition) is 1. The molecule has 0 aliphatic carbocycles. The van der Waals surface area contributed by atoms with Gasteiger partial charge in [0.25, 0.3) is 0 Å². The van der Waals surface area contributed by atoms with Crippen LogP contribution in [0, 0.1) is 6.92 Å². The Labute approximate surface area is 97.4 Å². The van der Waals surface area contributed by atoms with Crippen molar-refractivity contribution in [2.45, 2.75) is 26.7 Å². The smallest absolute Gasteiger partial charge is 0.220 e. The van der Waals surface area contributed by atoms with Gasteiger partial charge < -0.3 is 5.32 Å². The highest BCUT2D eigenvalue weighted by atomic mass is 16.1. The summed E-state index contributed by atoms with van der Waals surface area (Å²) < 4.78 is 0. The number of carbonyl (C=O) groups excluding carboxylic acids is 1. The molecule has 0 bridgehead atoms. The van der Waals surface area contributed by atoms with E-state index in [9.17, 15) is 4.79 Å². The van der Waals surface area contributed by atoms with Crippen molar-refractivity contribution < 1.29 is 4.79 Å². The van der Waals surface area contributed by atoms with Crippen LogP contribution in [0.1, 0.15) is 24.5 Å². The maximum absolute atomic E-state index is 11.4. The highest BCUT2D eigenvalue weighted by Gasteiger charge is 2.01. The van der Waals surface area contributed by atoms with Crippen LogP contribution in [0.3, 0.4) is 0 Å². The third kappa shape index (κ3) is 4.78. The number of amides is 1.